The Kier molecular flexibility index (Phi) is 13.1. The molecule has 10 aromatic carbocycles. The number of rotatable bonds is 7. The lowest BCUT2D eigenvalue weighted by Gasteiger charge is -2.45. The number of para-hydroxylation sites is 3. The molecule has 2 aliphatic rings. The minimum Gasteiger partial charge on any atom is -0.311 e. The Hall–Kier alpha value is -9.26. The van der Waals surface area contributed by atoms with Crippen molar-refractivity contribution >= 4 is 79.0 Å². The second kappa shape index (κ2) is 20.4. The fourth-order valence-electron chi connectivity index (χ4n) is 13.4. The summed E-state index contributed by atoms with van der Waals surface area (Å²) in [7, 11) is 0. The fraction of sp³-hybridized carbons (Fsp3) is 0.210. The first-order valence-corrected chi connectivity index (χ1v) is 31.0. The first kappa shape index (κ1) is 55.6. The smallest absolute Gasteiger partial charge is 0.252 e. The van der Waals surface area contributed by atoms with Gasteiger partial charge in [-0.3, -0.25) is 0 Å². The monoisotopic (exact) mass is 1130 g/mol. The van der Waals surface area contributed by atoms with E-state index in [-0.39, 0.29) is 28.4 Å². The standard InChI is InChI=1S/C81H76BN5/c1-51-38-56(77-83-68(52-26-16-14-17-27-52)50-69(84-77)53-28-18-15-19-29-53)40-61(39-51)85-70-33-23-20-30-64(70)65-41-54(36-37-71(65)85)55-42-74-76-75(43-55)87(63-48-59(80(8,9)10)45-60(49-63)81(11,12)13)73-35-25-22-32-67(73)82(76)66-31-21-24-34-72(66)86(74)62-46-57(78(2,3)4)44-58(47-62)79(5,6)7/h14-50H,1-13H3. The summed E-state index contributed by atoms with van der Waals surface area (Å²) < 4.78 is 2.44. The number of aryl methyl sites for hydroxylation is 1. The number of benzene rings is 10. The highest BCUT2D eigenvalue weighted by Crippen LogP contribution is 2.49. The quantitative estimate of drug-likeness (QED) is 0.149. The molecule has 2 aromatic heterocycles. The van der Waals surface area contributed by atoms with Crippen LogP contribution in [-0.2, 0) is 21.7 Å². The molecule has 0 aliphatic carbocycles. The number of hydrogen-bond donors (Lipinski definition) is 0. The van der Waals surface area contributed by atoms with Crippen LogP contribution in [0.15, 0.2) is 224 Å². The topological polar surface area (TPSA) is 37.2 Å². The Morgan fingerprint density at radius 2 is 0.770 bits per heavy atom. The zero-order valence-corrected chi connectivity index (χ0v) is 52.7. The minimum absolute atomic E-state index is 0.0134. The Bertz CT molecular complexity index is 4430. The van der Waals surface area contributed by atoms with E-state index in [0.717, 1.165) is 61.5 Å². The maximum absolute atomic E-state index is 5.29. The molecule has 5 nitrogen and oxygen atoms in total. The number of anilines is 6. The molecular formula is C81H76BN5. The molecule has 0 amide bonds. The van der Waals surface area contributed by atoms with E-state index in [4.69, 9.17) is 9.97 Å². The van der Waals surface area contributed by atoms with Crippen molar-refractivity contribution in [3.63, 3.8) is 0 Å². The van der Waals surface area contributed by atoms with Crippen molar-refractivity contribution in [1.82, 2.24) is 14.5 Å². The third-order valence-corrected chi connectivity index (χ3v) is 18.1. The maximum atomic E-state index is 5.29. The van der Waals surface area contributed by atoms with E-state index in [1.807, 2.05) is 0 Å². The molecule has 4 heterocycles. The molecule has 0 saturated heterocycles. The van der Waals surface area contributed by atoms with Gasteiger partial charge in [-0.2, -0.15) is 0 Å². The van der Waals surface area contributed by atoms with Gasteiger partial charge in [-0.15, -0.1) is 0 Å². The van der Waals surface area contributed by atoms with Crippen molar-refractivity contribution in [1.29, 1.82) is 0 Å². The molecule has 0 spiro atoms. The van der Waals surface area contributed by atoms with E-state index >= 15 is 0 Å². The predicted molar refractivity (Wildman–Crippen MR) is 372 cm³/mol. The lowest BCUT2D eigenvalue weighted by molar-refractivity contribution is 0.568. The lowest BCUT2D eigenvalue weighted by atomic mass is 9.33. The Labute approximate surface area is 515 Å². The van der Waals surface area contributed by atoms with E-state index in [1.165, 1.54) is 83.5 Å². The van der Waals surface area contributed by atoms with Crippen molar-refractivity contribution in [3.8, 4) is 50.7 Å². The van der Waals surface area contributed by atoms with Crippen LogP contribution in [-0.4, -0.2) is 21.2 Å². The molecule has 0 radical (unpaired) electrons. The van der Waals surface area contributed by atoms with Gasteiger partial charge in [-0.1, -0.05) is 217 Å². The second-order valence-corrected chi connectivity index (χ2v) is 28.5. The summed E-state index contributed by atoms with van der Waals surface area (Å²) in [5.41, 5.74) is 27.7. The van der Waals surface area contributed by atoms with Crippen LogP contribution in [0, 0.1) is 6.92 Å². The van der Waals surface area contributed by atoms with Crippen LogP contribution in [0.25, 0.3) is 72.5 Å². The number of nitrogens with zero attached hydrogens (tertiary/aromatic N) is 5. The Morgan fingerprint density at radius 3 is 1.26 bits per heavy atom. The predicted octanol–water partition coefficient (Wildman–Crippen LogP) is 19.8. The van der Waals surface area contributed by atoms with E-state index in [2.05, 4.69) is 329 Å². The normalized spacial score (nSPS) is 13.3. The van der Waals surface area contributed by atoms with Crippen LogP contribution >= 0.6 is 0 Å². The zero-order valence-electron chi connectivity index (χ0n) is 52.7. The van der Waals surface area contributed by atoms with Gasteiger partial charge in [-0.05, 0) is 175 Å². The minimum atomic E-state index is -0.0879. The average molecular weight is 1130 g/mol. The summed E-state index contributed by atoms with van der Waals surface area (Å²) >= 11 is 0. The lowest BCUT2D eigenvalue weighted by Crippen LogP contribution is -2.61. The highest BCUT2D eigenvalue weighted by Gasteiger charge is 2.44. The van der Waals surface area contributed by atoms with Gasteiger partial charge in [0.2, 0.25) is 0 Å². The molecule has 0 bridgehead atoms. The summed E-state index contributed by atoms with van der Waals surface area (Å²) in [5, 5.41) is 2.38. The number of hydrogen-bond acceptors (Lipinski definition) is 4. The summed E-state index contributed by atoms with van der Waals surface area (Å²) in [6, 6.07) is 84.0. The van der Waals surface area contributed by atoms with Crippen LogP contribution < -0.4 is 26.2 Å². The zero-order chi connectivity index (χ0) is 60.5. The molecule has 0 fully saturated rings. The highest BCUT2D eigenvalue weighted by atomic mass is 15.2. The van der Waals surface area contributed by atoms with Crippen molar-refractivity contribution in [3.05, 3.63) is 252 Å². The van der Waals surface area contributed by atoms with Crippen LogP contribution in [0.1, 0.15) is 111 Å². The second-order valence-electron chi connectivity index (χ2n) is 28.5. The van der Waals surface area contributed by atoms with Gasteiger partial charge in [0.25, 0.3) is 6.71 Å². The third-order valence-electron chi connectivity index (χ3n) is 18.1. The summed E-state index contributed by atoms with van der Waals surface area (Å²) in [5.74, 6) is 0.690. The van der Waals surface area contributed by atoms with Crippen molar-refractivity contribution in [2.24, 2.45) is 0 Å². The van der Waals surface area contributed by atoms with Crippen molar-refractivity contribution in [2.45, 2.75) is 112 Å². The van der Waals surface area contributed by atoms with E-state index in [0.29, 0.717) is 5.82 Å². The Morgan fingerprint density at radius 1 is 0.322 bits per heavy atom. The molecule has 0 atom stereocenters. The van der Waals surface area contributed by atoms with E-state index in [9.17, 15) is 0 Å². The molecule has 0 N–H and O–H groups in total. The van der Waals surface area contributed by atoms with Gasteiger partial charge in [0, 0.05) is 67.3 Å². The molecule has 0 saturated carbocycles. The van der Waals surface area contributed by atoms with Crippen LogP contribution in [0.3, 0.4) is 0 Å². The molecule has 2 aliphatic heterocycles. The van der Waals surface area contributed by atoms with Gasteiger partial charge in [0.15, 0.2) is 5.82 Å². The molecule has 6 heteroatoms. The first-order valence-electron chi connectivity index (χ1n) is 31.0. The average Bonchev–Trinajstić information content (AvgIpc) is 1.09. The molecule has 0 unspecified atom stereocenters. The van der Waals surface area contributed by atoms with Gasteiger partial charge in [-0.25, -0.2) is 9.97 Å². The van der Waals surface area contributed by atoms with Crippen LogP contribution in [0.4, 0.5) is 34.1 Å². The summed E-state index contributed by atoms with van der Waals surface area (Å²) in [6.45, 7) is 30.3. The number of fused-ring (bicyclic) bond motifs is 7. The van der Waals surface area contributed by atoms with Gasteiger partial charge in [0.05, 0.1) is 22.4 Å². The van der Waals surface area contributed by atoms with Crippen molar-refractivity contribution < 1.29 is 0 Å². The van der Waals surface area contributed by atoms with Gasteiger partial charge < -0.3 is 14.4 Å². The maximum Gasteiger partial charge on any atom is 0.252 e. The first-order chi connectivity index (χ1) is 41.5. The summed E-state index contributed by atoms with van der Waals surface area (Å²) in [6.07, 6.45) is 0. The van der Waals surface area contributed by atoms with Crippen molar-refractivity contribution in [2.75, 3.05) is 9.80 Å². The molecule has 87 heavy (non-hydrogen) atoms. The summed E-state index contributed by atoms with van der Waals surface area (Å²) in [4.78, 5) is 15.8. The SMILES string of the molecule is Cc1cc(-c2nc(-c3ccccc3)cc(-c3ccccc3)n2)cc(-n2c3ccccc3c3cc(-c4cc5c6c(c4)N(c4cc(C(C)(C)C)cc(C(C)(C)C)c4)c4ccccc4B6c4ccccc4N5c4cc(C(C)(C)C)cc(C(C)(C)C)c4)ccc32)c1. The highest BCUT2D eigenvalue weighted by molar-refractivity contribution is 7.00. The van der Waals surface area contributed by atoms with Gasteiger partial charge >= 0.3 is 0 Å². The van der Waals surface area contributed by atoms with E-state index < -0.39 is 0 Å². The van der Waals surface area contributed by atoms with E-state index in [1.54, 1.807) is 0 Å². The molecule has 14 rings (SSSR count). The molecular weight excluding hydrogens is 1050 g/mol. The van der Waals surface area contributed by atoms with Gasteiger partial charge in [0.1, 0.15) is 0 Å². The number of aromatic nitrogens is 3. The molecule has 12 aromatic rings. The fourth-order valence-corrected chi connectivity index (χ4v) is 13.4. The van der Waals surface area contributed by atoms with Crippen LogP contribution in [0.5, 0.6) is 0 Å². The van der Waals surface area contributed by atoms with Crippen LogP contribution in [0.2, 0.25) is 0 Å². The largest absolute Gasteiger partial charge is 0.311 e. The molecule has 428 valence electrons. The Balaban J connectivity index is 1.02. The third kappa shape index (κ3) is 9.84.